The van der Waals surface area contributed by atoms with Crippen LogP contribution in [0, 0.1) is 5.41 Å². The van der Waals surface area contributed by atoms with Crippen LogP contribution in [0.4, 0.5) is 4.79 Å². The number of rotatable bonds is 3. The molecule has 7 nitrogen and oxygen atoms in total. The maximum absolute atomic E-state index is 11.4. The number of amides is 1. The van der Waals surface area contributed by atoms with Gasteiger partial charge in [0.25, 0.3) is 0 Å². The van der Waals surface area contributed by atoms with E-state index in [1.54, 1.807) is 20.8 Å². The Hall–Kier alpha value is -1.63. The highest BCUT2D eigenvalue weighted by Gasteiger charge is 2.32. The van der Waals surface area contributed by atoms with Gasteiger partial charge < -0.3 is 14.6 Å². The Morgan fingerprint density at radius 1 is 1.26 bits per heavy atom. The van der Waals surface area contributed by atoms with Crippen molar-refractivity contribution in [3.05, 3.63) is 0 Å². The summed E-state index contributed by atoms with van der Waals surface area (Å²) in [7, 11) is 0. The van der Waals surface area contributed by atoms with Crippen molar-refractivity contribution in [3.8, 4) is 0 Å². The van der Waals surface area contributed by atoms with Crippen molar-refractivity contribution in [2.24, 2.45) is 5.41 Å². The van der Waals surface area contributed by atoms with E-state index in [0.29, 0.717) is 19.4 Å². The van der Waals surface area contributed by atoms with Gasteiger partial charge in [-0.1, -0.05) is 20.8 Å². The van der Waals surface area contributed by atoms with E-state index in [4.69, 9.17) is 9.84 Å². The first-order chi connectivity index (χ1) is 10.4. The summed E-state index contributed by atoms with van der Waals surface area (Å²) >= 11 is 0. The highest BCUT2D eigenvalue weighted by atomic mass is 16.6. The van der Waals surface area contributed by atoms with Crippen LogP contribution in [0.25, 0.3) is 0 Å². The van der Waals surface area contributed by atoms with Crippen LogP contribution in [0.5, 0.6) is 0 Å². The number of nitrogens with one attached hydrogen (secondary N) is 1. The molecule has 1 saturated heterocycles. The molecule has 7 heteroatoms. The van der Waals surface area contributed by atoms with Crippen LogP contribution in [0.2, 0.25) is 0 Å². The van der Waals surface area contributed by atoms with Crippen molar-refractivity contribution in [3.63, 3.8) is 0 Å². The molecule has 1 aliphatic heterocycles. The second kappa shape index (κ2) is 8.86. The number of aldehydes is 1. The molecule has 134 valence electrons. The van der Waals surface area contributed by atoms with Gasteiger partial charge in [-0.3, -0.25) is 10.2 Å². The molecule has 0 aromatic heterocycles. The predicted octanol–water partition coefficient (Wildman–Crippen LogP) is 2.60. The number of hydrogen-bond acceptors (Lipinski definition) is 5. The number of carboxylic acids is 1. The lowest BCUT2D eigenvalue weighted by atomic mass is 9.93. The molecule has 0 radical (unpaired) electrons. The van der Waals surface area contributed by atoms with Gasteiger partial charge in [-0.05, 0) is 39.0 Å². The van der Waals surface area contributed by atoms with Gasteiger partial charge >= 0.3 is 12.1 Å². The fourth-order valence-electron chi connectivity index (χ4n) is 1.83. The molecule has 1 heterocycles. The van der Waals surface area contributed by atoms with E-state index in [-0.39, 0.29) is 5.41 Å². The number of hydrogen-bond donors (Lipinski definition) is 2. The van der Waals surface area contributed by atoms with Gasteiger partial charge in [0, 0.05) is 13.0 Å². The summed E-state index contributed by atoms with van der Waals surface area (Å²) in [5, 5.41) is 10.3. The number of carboxylic acid groups (broad SMARTS) is 1. The van der Waals surface area contributed by atoms with Crippen molar-refractivity contribution in [2.75, 3.05) is 6.54 Å². The molecule has 0 aromatic rings. The topological polar surface area (TPSA) is 95.9 Å². The van der Waals surface area contributed by atoms with Crippen molar-refractivity contribution < 1.29 is 24.2 Å². The summed E-state index contributed by atoms with van der Waals surface area (Å²) in [6.45, 7) is 11.9. The van der Waals surface area contributed by atoms with Gasteiger partial charge in [-0.15, -0.1) is 0 Å². The van der Waals surface area contributed by atoms with Crippen molar-refractivity contribution in [1.82, 2.24) is 10.4 Å². The lowest BCUT2D eigenvalue weighted by molar-refractivity contribution is -0.143. The Balaban J connectivity index is 0.000000585. The molecule has 1 amide bonds. The maximum Gasteiger partial charge on any atom is 0.422 e. The van der Waals surface area contributed by atoms with Crippen LogP contribution in [0.1, 0.15) is 60.8 Å². The van der Waals surface area contributed by atoms with E-state index in [2.05, 4.69) is 5.43 Å². The van der Waals surface area contributed by atoms with Crippen LogP contribution < -0.4 is 5.43 Å². The zero-order valence-corrected chi connectivity index (χ0v) is 15.0. The molecular formula is C16H30N2O5. The largest absolute Gasteiger partial charge is 0.480 e. The number of carbonyl (C=O) groups excluding carboxylic acids is 2. The van der Waals surface area contributed by atoms with Crippen LogP contribution >= 0.6 is 0 Å². The third-order valence-corrected chi connectivity index (χ3v) is 2.87. The SMILES string of the molecule is CC(C)(C)CC=O.CC(C)(C)OC(=O)NN1CCCC1C(=O)O. The number of hydrazine groups is 1. The van der Waals surface area contributed by atoms with Gasteiger partial charge in [-0.2, -0.15) is 0 Å². The Morgan fingerprint density at radius 3 is 2.17 bits per heavy atom. The van der Waals surface area contributed by atoms with Gasteiger partial charge in [0.1, 0.15) is 17.9 Å². The van der Waals surface area contributed by atoms with E-state index in [1.807, 2.05) is 20.8 Å². The van der Waals surface area contributed by atoms with E-state index >= 15 is 0 Å². The van der Waals surface area contributed by atoms with Crippen molar-refractivity contribution >= 4 is 18.3 Å². The first-order valence-electron chi connectivity index (χ1n) is 7.78. The van der Waals surface area contributed by atoms with Crippen LogP contribution in [-0.4, -0.2) is 46.7 Å². The molecular weight excluding hydrogens is 300 g/mol. The lowest BCUT2D eigenvalue weighted by Gasteiger charge is -2.25. The fraction of sp³-hybridized carbons (Fsp3) is 0.812. The molecule has 0 bridgehead atoms. The third-order valence-electron chi connectivity index (χ3n) is 2.87. The number of nitrogens with zero attached hydrogens (tertiary/aromatic N) is 1. The smallest absolute Gasteiger partial charge is 0.422 e. The highest BCUT2D eigenvalue weighted by Crippen LogP contribution is 2.16. The second-order valence-electron chi connectivity index (χ2n) is 7.73. The zero-order valence-electron chi connectivity index (χ0n) is 15.0. The highest BCUT2D eigenvalue weighted by molar-refractivity contribution is 5.75. The van der Waals surface area contributed by atoms with Crippen LogP contribution in [0.15, 0.2) is 0 Å². The molecule has 1 aliphatic rings. The summed E-state index contributed by atoms with van der Waals surface area (Å²) in [4.78, 5) is 32.1. The van der Waals surface area contributed by atoms with Gasteiger partial charge in [-0.25, -0.2) is 9.80 Å². The first-order valence-corrected chi connectivity index (χ1v) is 7.78. The molecule has 2 N–H and O–H groups in total. The van der Waals surface area contributed by atoms with E-state index in [1.165, 1.54) is 5.01 Å². The predicted molar refractivity (Wildman–Crippen MR) is 86.9 cm³/mol. The van der Waals surface area contributed by atoms with E-state index < -0.39 is 23.7 Å². The quantitative estimate of drug-likeness (QED) is 0.772. The zero-order chi connectivity index (χ0) is 18.3. The minimum atomic E-state index is -0.923. The van der Waals surface area contributed by atoms with Crippen molar-refractivity contribution in [1.29, 1.82) is 0 Å². The normalized spacial score (nSPS) is 18.6. The Morgan fingerprint density at radius 2 is 1.83 bits per heavy atom. The Labute approximate surface area is 138 Å². The summed E-state index contributed by atoms with van der Waals surface area (Å²) < 4.78 is 5.04. The molecule has 1 unspecified atom stereocenters. The molecule has 0 saturated carbocycles. The molecule has 1 fully saturated rings. The minimum absolute atomic E-state index is 0.182. The molecule has 0 spiro atoms. The number of aliphatic carboxylic acids is 1. The van der Waals surface area contributed by atoms with Crippen LogP contribution in [-0.2, 0) is 14.3 Å². The maximum atomic E-state index is 11.4. The van der Waals surface area contributed by atoms with Gasteiger partial charge in [0.15, 0.2) is 0 Å². The summed E-state index contributed by atoms with van der Waals surface area (Å²) in [5.41, 5.74) is 2.06. The molecule has 0 aliphatic carbocycles. The van der Waals surface area contributed by atoms with Gasteiger partial charge in [0.05, 0.1) is 0 Å². The fourth-order valence-corrected chi connectivity index (χ4v) is 1.83. The number of ether oxygens (including phenoxy) is 1. The Kier molecular flexibility index (Phi) is 8.23. The van der Waals surface area contributed by atoms with Crippen LogP contribution in [0.3, 0.4) is 0 Å². The standard InChI is InChI=1S/C10H18N2O4.C6H12O/c1-10(2,3)16-9(15)11-12-6-4-5-7(12)8(13)14;1-6(2,3)4-5-7/h7H,4-6H2,1-3H3,(H,11,15)(H,13,14);5H,4H2,1-3H3. The molecule has 1 rings (SSSR count). The summed E-state index contributed by atoms with van der Waals surface area (Å²) in [5.74, 6) is -0.923. The molecule has 0 aromatic carbocycles. The van der Waals surface area contributed by atoms with Crippen molar-refractivity contribution in [2.45, 2.75) is 72.4 Å². The second-order valence-corrected chi connectivity index (χ2v) is 7.73. The van der Waals surface area contributed by atoms with Gasteiger partial charge in [0.2, 0.25) is 0 Å². The summed E-state index contributed by atoms with van der Waals surface area (Å²) in [6, 6.07) is -0.646. The lowest BCUT2D eigenvalue weighted by Crippen LogP contribution is -2.49. The molecule has 23 heavy (non-hydrogen) atoms. The summed E-state index contributed by atoms with van der Waals surface area (Å²) in [6.07, 6.45) is 2.31. The monoisotopic (exact) mass is 330 g/mol. The minimum Gasteiger partial charge on any atom is -0.480 e. The molecule has 1 atom stereocenters. The first kappa shape index (κ1) is 21.4. The van der Waals surface area contributed by atoms with E-state index in [9.17, 15) is 14.4 Å². The number of carbonyl (C=O) groups is 3. The van der Waals surface area contributed by atoms with E-state index in [0.717, 1.165) is 12.7 Å². The third kappa shape index (κ3) is 10.7. The average molecular weight is 330 g/mol. The Bertz CT molecular complexity index is 410. The average Bonchev–Trinajstić information content (AvgIpc) is 2.73.